The summed E-state index contributed by atoms with van der Waals surface area (Å²) in [5, 5.41) is 12.4. The molecule has 1 atom stereocenters. The zero-order valence-corrected chi connectivity index (χ0v) is 16.2. The molecule has 2 aromatic rings. The van der Waals surface area contributed by atoms with E-state index in [0.717, 1.165) is 49.4 Å². The van der Waals surface area contributed by atoms with Crippen molar-refractivity contribution >= 4 is 11.7 Å². The molecule has 5 nitrogen and oxygen atoms in total. The van der Waals surface area contributed by atoms with Gasteiger partial charge < -0.3 is 15.2 Å². The van der Waals surface area contributed by atoms with E-state index < -0.39 is 5.97 Å². The highest BCUT2D eigenvalue weighted by Crippen LogP contribution is 2.28. The Morgan fingerprint density at radius 1 is 1.18 bits per heavy atom. The lowest BCUT2D eigenvalue weighted by molar-refractivity contribution is -0.137. The van der Waals surface area contributed by atoms with E-state index in [2.05, 4.69) is 29.6 Å². The molecule has 0 saturated heterocycles. The highest BCUT2D eigenvalue weighted by atomic mass is 16.5. The third-order valence-corrected chi connectivity index (χ3v) is 5.75. The molecule has 2 aliphatic rings. The molecule has 1 aliphatic carbocycles. The molecule has 28 heavy (non-hydrogen) atoms. The summed E-state index contributed by atoms with van der Waals surface area (Å²) in [6.07, 6.45) is 8.75. The predicted octanol–water partition coefficient (Wildman–Crippen LogP) is 4.59. The standard InChI is InChI=1S/C23H28N2O3/c26-23(27)13-11-18-10-9-17-14-16(8-12-21(17)24-18)15-19-4-3-7-22(25-19)28-20-5-1-2-6-20/h3-4,7-8,12,14,18,20,24H,1-2,5-6,9-11,13,15H2,(H,26,27). The van der Waals surface area contributed by atoms with Crippen LogP contribution in [0.4, 0.5) is 5.69 Å². The zero-order valence-electron chi connectivity index (χ0n) is 16.2. The number of pyridine rings is 1. The number of carboxylic acid groups (broad SMARTS) is 1. The molecule has 2 N–H and O–H groups in total. The molecule has 2 heterocycles. The number of rotatable bonds is 7. The van der Waals surface area contributed by atoms with Gasteiger partial charge in [-0.25, -0.2) is 4.98 Å². The fourth-order valence-corrected chi connectivity index (χ4v) is 4.25. The number of ether oxygens (including phenoxy) is 1. The lowest BCUT2D eigenvalue weighted by Gasteiger charge is -2.27. The Morgan fingerprint density at radius 2 is 2.04 bits per heavy atom. The molecule has 0 bridgehead atoms. The summed E-state index contributed by atoms with van der Waals surface area (Å²) >= 11 is 0. The molecule has 4 rings (SSSR count). The predicted molar refractivity (Wildman–Crippen MR) is 109 cm³/mol. The van der Waals surface area contributed by atoms with Crippen LogP contribution in [-0.4, -0.2) is 28.2 Å². The number of hydrogen-bond donors (Lipinski definition) is 2. The maximum absolute atomic E-state index is 10.8. The molecular weight excluding hydrogens is 352 g/mol. The number of aromatic nitrogens is 1. The van der Waals surface area contributed by atoms with E-state index in [9.17, 15) is 4.79 Å². The number of carbonyl (C=O) groups is 1. The van der Waals surface area contributed by atoms with Gasteiger partial charge in [-0.1, -0.05) is 18.2 Å². The number of aryl methyl sites for hydroxylation is 1. The molecular formula is C23H28N2O3. The summed E-state index contributed by atoms with van der Waals surface area (Å²) in [7, 11) is 0. The Labute approximate surface area is 166 Å². The van der Waals surface area contributed by atoms with E-state index in [1.807, 2.05) is 12.1 Å². The van der Waals surface area contributed by atoms with Crippen molar-refractivity contribution in [2.75, 3.05) is 5.32 Å². The number of benzene rings is 1. The smallest absolute Gasteiger partial charge is 0.303 e. The maximum Gasteiger partial charge on any atom is 0.303 e. The van der Waals surface area contributed by atoms with Crippen LogP contribution >= 0.6 is 0 Å². The number of nitrogens with zero attached hydrogens (tertiary/aromatic N) is 1. The summed E-state index contributed by atoms with van der Waals surface area (Å²) in [5.41, 5.74) is 4.72. The van der Waals surface area contributed by atoms with Crippen LogP contribution in [0.25, 0.3) is 0 Å². The molecule has 0 radical (unpaired) electrons. The molecule has 1 fully saturated rings. The fourth-order valence-electron chi connectivity index (χ4n) is 4.25. The first kappa shape index (κ1) is 18.8. The summed E-state index contributed by atoms with van der Waals surface area (Å²) in [6.45, 7) is 0. The number of fused-ring (bicyclic) bond motifs is 1. The van der Waals surface area contributed by atoms with Crippen molar-refractivity contribution in [3.63, 3.8) is 0 Å². The van der Waals surface area contributed by atoms with E-state index in [-0.39, 0.29) is 12.5 Å². The molecule has 1 aliphatic heterocycles. The van der Waals surface area contributed by atoms with E-state index >= 15 is 0 Å². The van der Waals surface area contributed by atoms with E-state index in [4.69, 9.17) is 14.8 Å². The Kier molecular flexibility index (Phi) is 5.79. The van der Waals surface area contributed by atoms with Gasteiger partial charge in [0.1, 0.15) is 6.10 Å². The fraction of sp³-hybridized carbons (Fsp3) is 0.478. The van der Waals surface area contributed by atoms with E-state index in [1.54, 1.807) is 0 Å². The van der Waals surface area contributed by atoms with Gasteiger partial charge in [0.05, 0.1) is 0 Å². The van der Waals surface area contributed by atoms with Crippen molar-refractivity contribution in [3.8, 4) is 5.88 Å². The second-order valence-corrected chi connectivity index (χ2v) is 7.97. The van der Waals surface area contributed by atoms with E-state index in [0.29, 0.717) is 12.5 Å². The SMILES string of the molecule is O=C(O)CCC1CCc2cc(Cc3cccc(OC4CCCC4)n3)ccc2N1. The Hall–Kier alpha value is -2.56. The van der Waals surface area contributed by atoms with Crippen molar-refractivity contribution in [1.29, 1.82) is 0 Å². The van der Waals surface area contributed by atoms with Gasteiger partial charge in [0.25, 0.3) is 0 Å². The van der Waals surface area contributed by atoms with Gasteiger partial charge in [0.2, 0.25) is 5.88 Å². The summed E-state index contributed by atoms with van der Waals surface area (Å²) in [6, 6.07) is 12.8. The number of carboxylic acids is 1. The van der Waals surface area contributed by atoms with Crippen LogP contribution in [0.5, 0.6) is 5.88 Å². The lowest BCUT2D eigenvalue weighted by Crippen LogP contribution is -2.26. The molecule has 1 saturated carbocycles. The van der Waals surface area contributed by atoms with E-state index in [1.165, 1.54) is 24.0 Å². The lowest BCUT2D eigenvalue weighted by atomic mass is 9.93. The topological polar surface area (TPSA) is 71.5 Å². The Morgan fingerprint density at radius 3 is 2.86 bits per heavy atom. The van der Waals surface area contributed by atoms with Gasteiger partial charge in [0, 0.05) is 36.3 Å². The molecule has 1 aromatic carbocycles. The van der Waals surface area contributed by atoms with Gasteiger partial charge in [-0.3, -0.25) is 4.79 Å². The molecule has 5 heteroatoms. The van der Waals surface area contributed by atoms with Gasteiger partial charge in [-0.15, -0.1) is 0 Å². The summed E-state index contributed by atoms with van der Waals surface area (Å²) in [5.74, 6) is 0.0138. The average molecular weight is 380 g/mol. The number of anilines is 1. The van der Waals surface area contributed by atoms with Crippen LogP contribution in [0.1, 0.15) is 61.8 Å². The Balaban J connectivity index is 1.39. The van der Waals surface area contributed by atoms with Crippen molar-refractivity contribution in [1.82, 2.24) is 4.98 Å². The minimum absolute atomic E-state index is 0.218. The van der Waals surface area contributed by atoms with Gasteiger partial charge in [-0.2, -0.15) is 0 Å². The molecule has 0 amide bonds. The zero-order chi connectivity index (χ0) is 19.3. The Bertz CT molecular complexity index is 830. The van der Waals surface area contributed by atoms with Crippen molar-refractivity contribution in [2.45, 2.75) is 69.9 Å². The second kappa shape index (κ2) is 8.63. The van der Waals surface area contributed by atoms with Crippen LogP contribution in [0.15, 0.2) is 36.4 Å². The van der Waals surface area contributed by atoms with Crippen LogP contribution in [0.2, 0.25) is 0 Å². The molecule has 148 valence electrons. The summed E-state index contributed by atoms with van der Waals surface area (Å²) < 4.78 is 6.03. The maximum atomic E-state index is 10.8. The van der Waals surface area contributed by atoms with Gasteiger partial charge in [-0.05, 0) is 68.2 Å². The highest BCUT2D eigenvalue weighted by Gasteiger charge is 2.19. The van der Waals surface area contributed by atoms with Crippen LogP contribution < -0.4 is 10.1 Å². The second-order valence-electron chi connectivity index (χ2n) is 7.97. The van der Waals surface area contributed by atoms with Crippen LogP contribution in [0.3, 0.4) is 0 Å². The van der Waals surface area contributed by atoms with Crippen LogP contribution in [0, 0.1) is 0 Å². The average Bonchev–Trinajstić information content (AvgIpc) is 3.19. The minimum Gasteiger partial charge on any atom is -0.481 e. The van der Waals surface area contributed by atoms with Gasteiger partial charge in [0.15, 0.2) is 0 Å². The van der Waals surface area contributed by atoms with Crippen molar-refractivity contribution in [2.24, 2.45) is 0 Å². The van der Waals surface area contributed by atoms with Crippen LogP contribution in [-0.2, 0) is 17.6 Å². The largest absolute Gasteiger partial charge is 0.481 e. The molecule has 0 spiro atoms. The first-order valence-electron chi connectivity index (χ1n) is 10.4. The van der Waals surface area contributed by atoms with Gasteiger partial charge >= 0.3 is 5.97 Å². The highest BCUT2D eigenvalue weighted by molar-refractivity contribution is 5.67. The molecule has 1 aromatic heterocycles. The van der Waals surface area contributed by atoms with Crippen molar-refractivity contribution < 1.29 is 14.6 Å². The number of hydrogen-bond acceptors (Lipinski definition) is 4. The number of nitrogens with one attached hydrogen (secondary N) is 1. The first-order chi connectivity index (χ1) is 13.7. The third kappa shape index (κ3) is 4.83. The first-order valence-corrected chi connectivity index (χ1v) is 10.4. The summed E-state index contributed by atoms with van der Waals surface area (Å²) in [4.78, 5) is 15.5. The monoisotopic (exact) mass is 380 g/mol. The number of aliphatic carboxylic acids is 1. The minimum atomic E-state index is -0.727. The molecule has 1 unspecified atom stereocenters. The third-order valence-electron chi connectivity index (χ3n) is 5.75. The normalized spacial score (nSPS) is 19.1. The quantitative estimate of drug-likeness (QED) is 0.735. The van der Waals surface area contributed by atoms with Crippen molar-refractivity contribution in [3.05, 3.63) is 53.2 Å².